The van der Waals surface area contributed by atoms with E-state index in [-0.39, 0.29) is 172 Å². The van der Waals surface area contributed by atoms with Crippen molar-refractivity contribution in [3.05, 3.63) is 0 Å². The van der Waals surface area contributed by atoms with Crippen LogP contribution < -0.4 is 25.3 Å². The molecule has 0 saturated carbocycles. The number of aliphatic hydroxyl groups excluding tert-OH is 11. The number of likely N-dealkylation sites (tertiary alicyclic amines) is 1. The fourth-order valence-corrected chi connectivity index (χ4v) is 18.8. The fraction of sp³-hybridized carbons (Fsp3) is 0.899. The Balaban J connectivity index is 0.0000167. The molecule has 0 bridgehead atoms. The first-order valence-electron chi connectivity index (χ1n) is 48.1. The van der Waals surface area contributed by atoms with Crippen molar-refractivity contribution in [1.29, 1.82) is 0 Å². The van der Waals surface area contributed by atoms with Crippen LogP contribution in [-0.2, 0) is 136 Å². The predicted octanol–water partition coefficient (Wildman–Crippen LogP) is -0.205. The lowest BCUT2D eigenvalue weighted by atomic mass is 9.92. The number of ether oxygens (including phenoxy) is 13. The molecule has 9 unspecified atom stereocenters. The van der Waals surface area contributed by atoms with Crippen molar-refractivity contribution in [2.24, 2.45) is 17.8 Å². The molecule has 46 nitrogen and oxygen atoms in total. The highest BCUT2D eigenvalue weighted by Crippen LogP contribution is 2.49. The van der Waals surface area contributed by atoms with Crippen molar-refractivity contribution >= 4 is 76.1 Å². The molecule has 0 aliphatic carbocycles. The summed E-state index contributed by atoms with van der Waals surface area (Å²) < 4.78 is 134. The largest absolute Gasteiger partial charge is 0.789 e. The van der Waals surface area contributed by atoms with Crippen LogP contribution in [0.5, 0.6) is 0 Å². The van der Waals surface area contributed by atoms with E-state index < -0.39 is 265 Å². The van der Waals surface area contributed by atoms with Gasteiger partial charge in [-0.3, -0.25) is 47.5 Å². The molecule has 6 rings (SSSR count). The Bertz CT molecular complexity index is 3450. The first-order chi connectivity index (χ1) is 65.7. The van der Waals surface area contributed by atoms with Crippen LogP contribution in [-0.4, -0.2) is 395 Å². The van der Waals surface area contributed by atoms with E-state index in [1.54, 1.807) is 34.6 Å². The van der Waals surface area contributed by atoms with Crippen LogP contribution >= 0.6 is 23.2 Å². The Kier molecular flexibility index (Phi) is 60.0. The molecule has 0 radical (unpaired) electrons. The first-order valence-corrected chi connectivity index (χ1v) is 52.7. The van der Waals surface area contributed by atoms with Gasteiger partial charge < -0.3 is 175 Å². The highest BCUT2D eigenvalue weighted by molar-refractivity contribution is 7.57. The van der Waals surface area contributed by atoms with Gasteiger partial charge in [0, 0.05) is 157 Å². The molecule has 0 aromatic heterocycles. The van der Waals surface area contributed by atoms with Crippen LogP contribution in [0.2, 0.25) is 0 Å². The molecule has 49 heteroatoms. The van der Waals surface area contributed by atoms with E-state index in [9.17, 15) is 113 Å². The number of Topliss-reactive ketones (excluding diaryl/α,β-unsaturated/α-hetero) is 5. The second-order valence-corrected chi connectivity index (χ2v) is 40.6. The number of hydrogen-bond acceptors (Lipinski definition) is 43. The van der Waals surface area contributed by atoms with Gasteiger partial charge in [-0.2, -0.15) is 0 Å². The molecule has 6 heterocycles. The molecule has 6 fully saturated rings. The number of nitrogens with one attached hydrogen (secondary N) is 2. The van der Waals surface area contributed by atoms with Crippen LogP contribution in [0.1, 0.15) is 214 Å². The van der Waals surface area contributed by atoms with Crippen molar-refractivity contribution in [2.45, 2.75) is 349 Å². The smallest absolute Gasteiger partial charge is 0.268 e. The van der Waals surface area contributed by atoms with E-state index in [2.05, 4.69) is 16.9 Å². The number of nitrogens with zero attached hydrogens (tertiary/aromatic N) is 1. The number of amides is 3. The summed E-state index contributed by atoms with van der Waals surface area (Å²) in [5.74, 6) is -4.37. The number of ketones is 5. The molecule has 6 aliphatic rings. The van der Waals surface area contributed by atoms with Crippen molar-refractivity contribution in [1.82, 2.24) is 15.5 Å². The third-order valence-electron chi connectivity index (χ3n) is 24.7. The quantitative estimate of drug-likeness (QED) is 0.0213. The van der Waals surface area contributed by atoms with Crippen molar-refractivity contribution in [3.63, 3.8) is 0 Å². The minimum atomic E-state index is -5.43. The second kappa shape index (κ2) is 66.4. The second-order valence-electron chi connectivity index (χ2n) is 36.0. The van der Waals surface area contributed by atoms with E-state index in [1.807, 2.05) is 0 Å². The zero-order valence-electron chi connectivity index (χ0n) is 81.1. The van der Waals surface area contributed by atoms with E-state index in [0.717, 1.165) is 19.1 Å². The minimum absolute atomic E-state index is 0.00510. The summed E-state index contributed by atoms with van der Waals surface area (Å²) in [6, 6.07) is -1.20. The van der Waals surface area contributed by atoms with E-state index in [4.69, 9.17) is 93.8 Å². The maximum Gasteiger partial charge on any atom is 0.268 e. The number of carbonyl (C=O) groups is 8. The molecule has 0 aromatic carbocycles. The van der Waals surface area contributed by atoms with Crippen molar-refractivity contribution in [3.8, 4) is 0 Å². The Morgan fingerprint density at radius 1 is 0.435 bits per heavy atom. The molecule has 13 N–H and O–H groups in total. The molecule has 138 heavy (non-hydrogen) atoms. The van der Waals surface area contributed by atoms with Crippen LogP contribution in [0.25, 0.3) is 0 Å². The van der Waals surface area contributed by atoms with Gasteiger partial charge >= 0.3 is 0 Å². The number of β-amino-alcohol motifs (C(OH)–C–C–N with tert-alkyl or cyclic N) is 1. The maximum atomic E-state index is 14.6. The molecule has 6 aliphatic heterocycles. The van der Waals surface area contributed by atoms with Crippen LogP contribution in [0.15, 0.2) is 0 Å². The Morgan fingerprint density at radius 3 is 1.28 bits per heavy atom. The molecule has 0 aromatic rings. The van der Waals surface area contributed by atoms with Gasteiger partial charge in [0.15, 0.2) is 18.9 Å². The number of methoxy groups -OCH3 is 1. The highest BCUT2D eigenvalue weighted by Gasteiger charge is 2.50. The topological polar surface area (TPSA) is 665 Å². The molecule has 6 saturated heterocycles. The maximum absolute atomic E-state index is 14.6. The number of aliphatic hydroxyl groups is 11. The number of phosphoric acid groups is 2. The average Bonchev–Trinajstić information content (AvgIpc) is 1.54. The number of rotatable bonds is 74. The Labute approximate surface area is 808 Å². The predicted molar refractivity (Wildman–Crippen MR) is 483 cm³/mol. The van der Waals surface area contributed by atoms with Gasteiger partial charge in [0.05, 0.1) is 141 Å². The molecular weight excluding hydrogens is 1890 g/mol. The summed E-state index contributed by atoms with van der Waals surface area (Å²) in [6.45, 7) is 2.89. The zero-order valence-corrected chi connectivity index (χ0v) is 83.8. The van der Waals surface area contributed by atoms with Gasteiger partial charge in [-0.25, -0.2) is 0 Å². The summed E-state index contributed by atoms with van der Waals surface area (Å²) in [5, 5.41) is 114. The lowest BCUT2D eigenvalue weighted by Crippen LogP contribution is -2.59. The Hall–Kier alpha value is -3.80. The summed E-state index contributed by atoms with van der Waals surface area (Å²) in [7, 11) is -11.1. The van der Waals surface area contributed by atoms with E-state index >= 15 is 0 Å². The van der Waals surface area contributed by atoms with Gasteiger partial charge in [0.1, 0.15) is 102 Å². The standard InChI is InChI=1S/C88H155N3O42P3.CH4O/c1-56-43-68(72(127-56)51-126-136(113,114)133-84-73(52-124-134(8,110)116-7)128-60(5)83(84)120-42-41-115-6)132-135(111,112)125-50-61-44-67(100)46-91(61)76(103)45-75(102)90-88(53-117-38-31-65(98)25-13-9-11-23-62(95)28-16-20-35-121-85-57(2)77(104)80(107)69(47-92)129-85,54-118-39-32-66(99)26-14-10-12-24-63(96)29-17-21-36-122-86-58(3)78(105)81(108)70(48-93)130-86)55-119-40-33-74(101)89-34-19-15-27-64(97)30-18-22-37-123-87-59(4)79(106)82(109)71(49-94)131-87;1-2/h56-61,67-73,77-87,92-94,100,104-109H,8-55H2,1-7H3,(H4-,89,90,101,102,110,111,112,113,114);2H,1H3/q-1;/p-2/t56-,57?,58?,59?,60-,61-,67+,68-,69?,70?,71?,72+,73+,77+,78+,79+,80-,81-,82-,83-,84+,85+,86+,87+,88?,134?;/m0./s1. The Morgan fingerprint density at radius 2 is 0.841 bits per heavy atom. The first kappa shape index (κ1) is 125. The van der Waals surface area contributed by atoms with E-state index in [0.29, 0.717) is 89.9 Å². The van der Waals surface area contributed by atoms with Gasteiger partial charge in [-0.1, -0.05) is 39.9 Å². The molecule has 27 atom stereocenters. The molecule has 804 valence electrons. The number of unbranched alkanes of at least 4 members (excludes halogenated alkanes) is 8. The van der Waals surface area contributed by atoms with Gasteiger partial charge in [-0.05, 0) is 97.3 Å². The summed E-state index contributed by atoms with van der Waals surface area (Å²) in [4.78, 5) is 148. The molecule has 3 amide bonds. The van der Waals surface area contributed by atoms with Crippen LogP contribution in [0.4, 0.5) is 0 Å². The highest BCUT2D eigenvalue weighted by atomic mass is 31.2. The summed E-state index contributed by atoms with van der Waals surface area (Å²) >= 11 is 0. The zero-order chi connectivity index (χ0) is 102. The summed E-state index contributed by atoms with van der Waals surface area (Å²) in [6.07, 6.45) is -11.6. The third-order valence-corrected chi connectivity index (χ3v) is 27.7. The molecular formula is C89H157N3O43P3-3. The lowest BCUT2D eigenvalue weighted by molar-refractivity contribution is -0.282. The third kappa shape index (κ3) is 45.7. The number of hydrogen-bond donors (Lipinski definition) is 13. The van der Waals surface area contributed by atoms with Crippen LogP contribution in [0.3, 0.4) is 0 Å². The SMILES string of the molecule is C=P([O-])(OC)OC[C@H]1O[C@@H](C)[C@H](OCCOC)[C@@H]1OP(=O)([O-])OC[C@H]1O[C@@H](C)C[C@@H]1OP(=O)([O-])OC[C@@H]1C[C@@H](O)CN1C(=O)CC(=O)NC(COCCC(=O)CCCCCC(=O)CCCCO[C@@H]1OC(CO)[C@H](O)[C@H](O)C1C)(COCCC(=O)CCCCCC(=O)CCCCO[C@@H]1OC(CO)[C@H](O)[C@H](O)C1C)COCCC(=O)NCCCCC(=O)CCCCO[C@@H]1OC(CO)[C@H](O)[C@H](O)C1C.CO. The fourth-order valence-electron chi connectivity index (χ4n) is 16.4. The van der Waals surface area contributed by atoms with Crippen molar-refractivity contribution < 1.29 is 207 Å². The number of phosphoric ester groups is 2. The normalized spacial score (nSPS) is 30.1. The average molecular weight is 2050 g/mol. The monoisotopic (exact) mass is 2050 g/mol. The van der Waals surface area contributed by atoms with Crippen molar-refractivity contribution in [2.75, 3.05) is 147 Å². The van der Waals surface area contributed by atoms with Crippen LogP contribution in [0, 0.1) is 17.8 Å². The molecule has 0 spiro atoms. The minimum Gasteiger partial charge on any atom is -0.789 e. The van der Waals surface area contributed by atoms with Gasteiger partial charge in [0.2, 0.25) is 17.7 Å². The van der Waals surface area contributed by atoms with Gasteiger partial charge in [0.25, 0.3) is 15.6 Å². The lowest BCUT2D eigenvalue weighted by Gasteiger charge is -2.40. The van der Waals surface area contributed by atoms with Gasteiger partial charge in [-0.15, -0.1) is 0 Å². The number of carbonyl (C=O) groups excluding carboxylic acids is 8. The summed E-state index contributed by atoms with van der Waals surface area (Å²) in [5.41, 5.74) is -1.75. The van der Waals surface area contributed by atoms with E-state index in [1.165, 1.54) is 7.11 Å².